The maximum atomic E-state index is 12.1. The number of rotatable bonds is 9. The Bertz CT molecular complexity index is 809. The molecule has 0 aliphatic heterocycles. The molecule has 0 aliphatic rings. The minimum Gasteiger partial charge on any atom is -0.478 e. The van der Waals surface area contributed by atoms with Crippen molar-refractivity contribution >= 4 is 35.8 Å². The fourth-order valence-corrected chi connectivity index (χ4v) is 2.66. The molecule has 0 radical (unpaired) electrons. The van der Waals surface area contributed by atoms with Crippen LogP contribution in [0.4, 0.5) is 0 Å². The quantitative estimate of drug-likeness (QED) is 0.299. The molecule has 0 unspecified atom stereocenters. The molecule has 2 aromatic rings. The van der Waals surface area contributed by atoms with Gasteiger partial charge < -0.3 is 20.3 Å². The number of aliphatic imine (C=N–C) groups is 1. The van der Waals surface area contributed by atoms with Gasteiger partial charge in [-0.25, -0.2) is 4.98 Å². The lowest BCUT2D eigenvalue weighted by molar-refractivity contribution is 0.0827. The van der Waals surface area contributed by atoms with Gasteiger partial charge in [-0.3, -0.25) is 9.79 Å². The van der Waals surface area contributed by atoms with E-state index >= 15 is 0 Å². The van der Waals surface area contributed by atoms with Crippen molar-refractivity contribution in [2.24, 2.45) is 4.99 Å². The lowest BCUT2D eigenvalue weighted by Gasteiger charge is -2.13. The molecule has 0 saturated carbocycles. The third-order valence-corrected chi connectivity index (χ3v) is 4.22. The summed E-state index contributed by atoms with van der Waals surface area (Å²) >= 11 is 0. The SMILES string of the molecule is CCCOc1ccc(CNC(=NC)NCCc2cccc(C(=O)N(C)C)c2)cn1.I. The summed E-state index contributed by atoms with van der Waals surface area (Å²) in [6.07, 6.45) is 3.56. The van der Waals surface area contributed by atoms with Crippen molar-refractivity contribution in [3.63, 3.8) is 0 Å². The number of benzene rings is 1. The van der Waals surface area contributed by atoms with Crippen LogP contribution in [0.2, 0.25) is 0 Å². The zero-order chi connectivity index (χ0) is 21.1. The second kappa shape index (κ2) is 13.8. The second-order valence-corrected chi connectivity index (χ2v) is 6.86. The minimum atomic E-state index is 0. The fourth-order valence-electron chi connectivity index (χ4n) is 2.66. The zero-order valence-electron chi connectivity index (χ0n) is 18.1. The molecule has 0 bridgehead atoms. The number of hydrogen-bond donors (Lipinski definition) is 2. The van der Waals surface area contributed by atoms with Gasteiger partial charge in [0, 0.05) is 52.1 Å². The summed E-state index contributed by atoms with van der Waals surface area (Å²) in [5, 5.41) is 6.57. The van der Waals surface area contributed by atoms with E-state index in [9.17, 15) is 4.79 Å². The van der Waals surface area contributed by atoms with Crippen LogP contribution in [0, 0.1) is 0 Å². The molecule has 0 saturated heterocycles. The van der Waals surface area contributed by atoms with Crippen LogP contribution >= 0.6 is 24.0 Å². The Morgan fingerprint density at radius 3 is 2.60 bits per heavy atom. The molecule has 1 heterocycles. The first-order chi connectivity index (χ1) is 14.0. The third kappa shape index (κ3) is 8.56. The van der Waals surface area contributed by atoms with E-state index in [1.807, 2.05) is 36.4 Å². The van der Waals surface area contributed by atoms with Crippen LogP contribution in [0.3, 0.4) is 0 Å². The molecular weight excluding hydrogens is 493 g/mol. The lowest BCUT2D eigenvalue weighted by atomic mass is 10.1. The molecule has 1 aromatic heterocycles. The number of halogens is 1. The lowest BCUT2D eigenvalue weighted by Crippen LogP contribution is -2.37. The Labute approximate surface area is 196 Å². The molecule has 1 aromatic carbocycles. The Morgan fingerprint density at radius 2 is 1.97 bits per heavy atom. The monoisotopic (exact) mass is 525 g/mol. The normalized spacial score (nSPS) is 10.7. The maximum absolute atomic E-state index is 12.1. The predicted molar refractivity (Wildman–Crippen MR) is 132 cm³/mol. The highest BCUT2D eigenvalue weighted by Crippen LogP contribution is 2.09. The van der Waals surface area contributed by atoms with Crippen molar-refractivity contribution in [3.8, 4) is 5.88 Å². The summed E-state index contributed by atoms with van der Waals surface area (Å²) in [5.74, 6) is 1.38. The van der Waals surface area contributed by atoms with Crippen LogP contribution in [0.5, 0.6) is 5.88 Å². The van der Waals surface area contributed by atoms with E-state index in [1.165, 1.54) is 0 Å². The molecule has 30 heavy (non-hydrogen) atoms. The number of aromatic nitrogens is 1. The summed E-state index contributed by atoms with van der Waals surface area (Å²) < 4.78 is 5.50. The second-order valence-electron chi connectivity index (χ2n) is 6.86. The van der Waals surface area contributed by atoms with Crippen LogP contribution in [0.15, 0.2) is 47.6 Å². The van der Waals surface area contributed by atoms with Gasteiger partial charge in [-0.2, -0.15) is 0 Å². The highest BCUT2D eigenvalue weighted by atomic mass is 127. The van der Waals surface area contributed by atoms with E-state index in [0.717, 1.165) is 29.9 Å². The van der Waals surface area contributed by atoms with E-state index < -0.39 is 0 Å². The van der Waals surface area contributed by atoms with Crippen LogP contribution < -0.4 is 15.4 Å². The molecule has 7 nitrogen and oxygen atoms in total. The van der Waals surface area contributed by atoms with E-state index in [4.69, 9.17) is 4.74 Å². The molecule has 0 atom stereocenters. The number of nitrogens with zero attached hydrogens (tertiary/aromatic N) is 3. The first-order valence-electron chi connectivity index (χ1n) is 9.86. The van der Waals surface area contributed by atoms with Crippen LogP contribution in [-0.2, 0) is 13.0 Å². The van der Waals surface area contributed by atoms with Crippen molar-refractivity contribution in [1.29, 1.82) is 0 Å². The van der Waals surface area contributed by atoms with Gasteiger partial charge >= 0.3 is 0 Å². The van der Waals surface area contributed by atoms with Gasteiger partial charge in [0.1, 0.15) is 0 Å². The van der Waals surface area contributed by atoms with E-state index in [-0.39, 0.29) is 29.9 Å². The number of nitrogens with one attached hydrogen (secondary N) is 2. The van der Waals surface area contributed by atoms with Gasteiger partial charge in [0.15, 0.2) is 5.96 Å². The Morgan fingerprint density at radius 1 is 1.17 bits per heavy atom. The number of ether oxygens (including phenoxy) is 1. The Balaban J connectivity index is 0.00000450. The Hall–Kier alpha value is -2.36. The number of hydrogen-bond acceptors (Lipinski definition) is 4. The van der Waals surface area contributed by atoms with Gasteiger partial charge in [-0.05, 0) is 36.1 Å². The molecule has 164 valence electrons. The zero-order valence-corrected chi connectivity index (χ0v) is 20.5. The van der Waals surface area contributed by atoms with Crippen LogP contribution in [0.1, 0.15) is 34.8 Å². The summed E-state index contributed by atoms with van der Waals surface area (Å²) in [4.78, 5) is 22.2. The average molecular weight is 525 g/mol. The summed E-state index contributed by atoms with van der Waals surface area (Å²) in [7, 11) is 5.26. The van der Waals surface area contributed by atoms with Gasteiger partial charge in [0.05, 0.1) is 6.61 Å². The molecule has 0 spiro atoms. The first kappa shape index (κ1) is 25.7. The predicted octanol–water partition coefficient (Wildman–Crippen LogP) is 3.10. The van der Waals surface area contributed by atoms with Gasteiger partial charge in [0.2, 0.25) is 5.88 Å². The van der Waals surface area contributed by atoms with E-state index in [2.05, 4.69) is 27.5 Å². The molecular formula is C22H32IN5O2. The average Bonchev–Trinajstić information content (AvgIpc) is 2.75. The molecule has 1 amide bonds. The fraction of sp³-hybridized carbons (Fsp3) is 0.409. The highest BCUT2D eigenvalue weighted by molar-refractivity contribution is 14.0. The number of carbonyl (C=O) groups excluding carboxylic acids is 1. The van der Waals surface area contributed by atoms with Crippen molar-refractivity contribution in [3.05, 3.63) is 59.3 Å². The number of guanidine groups is 1. The largest absolute Gasteiger partial charge is 0.478 e. The number of carbonyl (C=O) groups is 1. The van der Waals surface area contributed by atoms with Gasteiger partial charge in [-0.15, -0.1) is 24.0 Å². The maximum Gasteiger partial charge on any atom is 0.253 e. The van der Waals surface area contributed by atoms with Crippen molar-refractivity contribution in [2.45, 2.75) is 26.3 Å². The topological polar surface area (TPSA) is 78.8 Å². The molecule has 2 rings (SSSR count). The molecule has 0 aliphatic carbocycles. The van der Waals surface area contributed by atoms with E-state index in [1.54, 1.807) is 32.2 Å². The molecule has 2 N–H and O–H groups in total. The highest BCUT2D eigenvalue weighted by Gasteiger charge is 2.08. The van der Waals surface area contributed by atoms with Crippen LogP contribution in [0.25, 0.3) is 0 Å². The van der Waals surface area contributed by atoms with Crippen LogP contribution in [-0.4, -0.2) is 56.0 Å². The third-order valence-electron chi connectivity index (χ3n) is 4.22. The molecule has 0 fully saturated rings. The van der Waals surface area contributed by atoms with Gasteiger partial charge in [-0.1, -0.05) is 25.1 Å². The summed E-state index contributed by atoms with van der Waals surface area (Å²) in [6, 6.07) is 11.6. The minimum absolute atomic E-state index is 0. The summed E-state index contributed by atoms with van der Waals surface area (Å²) in [5.41, 5.74) is 2.85. The number of amides is 1. The number of pyridine rings is 1. The first-order valence-corrected chi connectivity index (χ1v) is 9.86. The molecule has 8 heteroatoms. The standard InChI is InChI=1S/C22H31N5O2.HI/c1-5-13-29-20-10-9-18(15-25-20)16-26-22(23-2)24-12-11-17-7-6-8-19(14-17)21(28)27(3)4;/h6-10,14-15H,5,11-13,16H2,1-4H3,(H2,23,24,26);1H. The van der Waals surface area contributed by atoms with E-state index in [0.29, 0.717) is 31.1 Å². The summed E-state index contributed by atoms with van der Waals surface area (Å²) in [6.45, 7) is 4.07. The Kier molecular flexibility index (Phi) is 11.8. The van der Waals surface area contributed by atoms with Crippen molar-refractivity contribution in [2.75, 3.05) is 34.3 Å². The smallest absolute Gasteiger partial charge is 0.253 e. The van der Waals surface area contributed by atoms with Crippen molar-refractivity contribution < 1.29 is 9.53 Å². The van der Waals surface area contributed by atoms with Gasteiger partial charge in [0.25, 0.3) is 5.91 Å². The van der Waals surface area contributed by atoms with Crippen molar-refractivity contribution in [1.82, 2.24) is 20.5 Å².